The van der Waals surface area contributed by atoms with E-state index in [1.165, 1.54) is 0 Å². The van der Waals surface area contributed by atoms with Crippen LogP contribution in [0.25, 0.3) is 0 Å². The quantitative estimate of drug-likeness (QED) is 0.682. The molecule has 12 heavy (non-hydrogen) atoms. The number of ether oxygens (including phenoxy) is 1. The lowest BCUT2D eigenvalue weighted by Gasteiger charge is -2.38. The van der Waals surface area contributed by atoms with E-state index >= 15 is 0 Å². The molecule has 0 atom stereocenters. The first kappa shape index (κ1) is 7.61. The zero-order valence-corrected chi connectivity index (χ0v) is 7.37. The van der Waals surface area contributed by atoms with E-state index in [2.05, 4.69) is 17.3 Å². The van der Waals surface area contributed by atoms with Crippen LogP contribution >= 0.6 is 0 Å². The van der Waals surface area contributed by atoms with E-state index in [4.69, 9.17) is 4.74 Å². The van der Waals surface area contributed by atoms with Gasteiger partial charge in [0, 0.05) is 26.2 Å². The van der Waals surface area contributed by atoms with Gasteiger partial charge >= 0.3 is 0 Å². The van der Waals surface area contributed by atoms with Gasteiger partial charge in [0.15, 0.2) is 0 Å². The third kappa shape index (κ3) is 1.18. The van der Waals surface area contributed by atoms with Crippen molar-refractivity contribution >= 4 is 0 Å². The molecule has 1 aliphatic heterocycles. The summed E-state index contributed by atoms with van der Waals surface area (Å²) in [5, 5.41) is 7.21. The summed E-state index contributed by atoms with van der Waals surface area (Å²) in [6.07, 6.45) is 1.74. The molecule has 0 unspecified atom stereocenters. The van der Waals surface area contributed by atoms with Gasteiger partial charge in [0.05, 0.1) is 6.20 Å². The summed E-state index contributed by atoms with van der Waals surface area (Å²) in [6.45, 7) is 3.92. The first-order chi connectivity index (χ1) is 5.70. The SMILES string of the molecule is Cn1nccc1OC1(C)CNC1. The molecule has 2 rings (SSSR count). The zero-order chi connectivity index (χ0) is 8.60. The highest BCUT2D eigenvalue weighted by molar-refractivity contribution is 5.10. The topological polar surface area (TPSA) is 39.1 Å². The van der Waals surface area contributed by atoms with Crippen LogP contribution in [0, 0.1) is 0 Å². The summed E-state index contributed by atoms with van der Waals surface area (Å²) in [5.41, 5.74) is -0.0339. The van der Waals surface area contributed by atoms with Gasteiger partial charge in [0.1, 0.15) is 5.60 Å². The minimum atomic E-state index is -0.0339. The summed E-state index contributed by atoms with van der Waals surface area (Å²) in [5.74, 6) is 0.832. The molecule has 0 spiro atoms. The fraction of sp³-hybridized carbons (Fsp3) is 0.625. The van der Waals surface area contributed by atoms with Crippen molar-refractivity contribution in [1.82, 2.24) is 15.1 Å². The van der Waals surface area contributed by atoms with Gasteiger partial charge in [-0.1, -0.05) is 0 Å². The number of hydrogen-bond donors (Lipinski definition) is 1. The van der Waals surface area contributed by atoms with E-state index in [1.54, 1.807) is 10.9 Å². The maximum atomic E-state index is 5.75. The molecule has 1 saturated heterocycles. The number of rotatable bonds is 2. The molecule has 1 N–H and O–H groups in total. The Balaban J connectivity index is 2.08. The molecule has 0 amide bonds. The van der Waals surface area contributed by atoms with Gasteiger partial charge in [-0.15, -0.1) is 0 Å². The van der Waals surface area contributed by atoms with Crippen molar-refractivity contribution in [2.24, 2.45) is 7.05 Å². The predicted octanol–water partition coefficient (Wildman–Crippen LogP) is 0.161. The van der Waals surface area contributed by atoms with E-state index < -0.39 is 0 Å². The van der Waals surface area contributed by atoms with Gasteiger partial charge in [-0.3, -0.25) is 0 Å². The van der Waals surface area contributed by atoms with E-state index in [0.717, 1.165) is 19.0 Å². The lowest BCUT2D eigenvalue weighted by Crippen LogP contribution is -2.61. The zero-order valence-electron chi connectivity index (χ0n) is 7.37. The third-order valence-corrected chi connectivity index (χ3v) is 2.12. The van der Waals surface area contributed by atoms with Gasteiger partial charge < -0.3 is 10.1 Å². The van der Waals surface area contributed by atoms with Crippen molar-refractivity contribution in [3.8, 4) is 5.88 Å². The molecule has 0 aliphatic carbocycles. The minimum absolute atomic E-state index is 0.0339. The summed E-state index contributed by atoms with van der Waals surface area (Å²) < 4.78 is 7.49. The Morgan fingerprint density at radius 2 is 2.42 bits per heavy atom. The van der Waals surface area contributed by atoms with Crippen LogP contribution in [0.5, 0.6) is 5.88 Å². The Morgan fingerprint density at radius 3 is 2.83 bits per heavy atom. The highest BCUT2D eigenvalue weighted by atomic mass is 16.5. The highest BCUT2D eigenvalue weighted by Crippen LogP contribution is 2.20. The maximum Gasteiger partial charge on any atom is 0.212 e. The average molecular weight is 167 g/mol. The van der Waals surface area contributed by atoms with Crippen LogP contribution in [0.4, 0.5) is 0 Å². The van der Waals surface area contributed by atoms with Crippen molar-refractivity contribution < 1.29 is 4.74 Å². The second-order valence-corrected chi connectivity index (χ2v) is 3.45. The molecule has 0 bridgehead atoms. The van der Waals surface area contributed by atoms with Crippen LogP contribution < -0.4 is 10.1 Å². The summed E-state index contributed by atoms with van der Waals surface area (Å²) in [7, 11) is 1.88. The smallest absolute Gasteiger partial charge is 0.212 e. The van der Waals surface area contributed by atoms with Crippen molar-refractivity contribution in [2.45, 2.75) is 12.5 Å². The highest BCUT2D eigenvalue weighted by Gasteiger charge is 2.34. The predicted molar refractivity (Wildman–Crippen MR) is 45.1 cm³/mol. The maximum absolute atomic E-state index is 5.75. The number of hydrogen-bond acceptors (Lipinski definition) is 3. The van der Waals surface area contributed by atoms with Crippen LogP contribution in [-0.2, 0) is 7.05 Å². The van der Waals surface area contributed by atoms with Crippen molar-refractivity contribution in [2.75, 3.05) is 13.1 Å². The number of aryl methyl sites for hydroxylation is 1. The molecule has 0 radical (unpaired) electrons. The van der Waals surface area contributed by atoms with Gasteiger partial charge in [0.25, 0.3) is 0 Å². The largest absolute Gasteiger partial charge is 0.469 e. The minimum Gasteiger partial charge on any atom is -0.469 e. The van der Waals surface area contributed by atoms with Crippen LogP contribution in [0.3, 0.4) is 0 Å². The van der Waals surface area contributed by atoms with E-state index in [9.17, 15) is 0 Å². The molecule has 4 nitrogen and oxygen atoms in total. The number of nitrogens with zero attached hydrogens (tertiary/aromatic N) is 2. The Morgan fingerprint density at radius 1 is 1.67 bits per heavy atom. The van der Waals surface area contributed by atoms with Crippen molar-refractivity contribution in [3.63, 3.8) is 0 Å². The Labute approximate surface area is 71.5 Å². The van der Waals surface area contributed by atoms with Crippen LogP contribution in [0.15, 0.2) is 12.3 Å². The molecular weight excluding hydrogens is 154 g/mol. The third-order valence-electron chi connectivity index (χ3n) is 2.12. The number of aromatic nitrogens is 2. The lowest BCUT2D eigenvalue weighted by molar-refractivity contribution is 0.0266. The molecule has 1 fully saturated rings. The Kier molecular flexibility index (Phi) is 1.58. The lowest BCUT2D eigenvalue weighted by atomic mass is 10.0. The van der Waals surface area contributed by atoms with Gasteiger partial charge in [-0.25, -0.2) is 4.68 Å². The molecule has 2 heterocycles. The van der Waals surface area contributed by atoms with Crippen LogP contribution in [0.1, 0.15) is 6.92 Å². The average Bonchev–Trinajstić information content (AvgIpc) is 2.34. The van der Waals surface area contributed by atoms with Crippen molar-refractivity contribution in [1.29, 1.82) is 0 Å². The first-order valence-corrected chi connectivity index (χ1v) is 4.07. The summed E-state index contributed by atoms with van der Waals surface area (Å²) in [6, 6.07) is 1.88. The van der Waals surface area contributed by atoms with E-state index in [-0.39, 0.29) is 5.60 Å². The molecule has 66 valence electrons. The normalized spacial score (nSPS) is 20.2. The fourth-order valence-corrected chi connectivity index (χ4v) is 1.26. The molecular formula is C8H13N3O. The molecule has 0 aromatic carbocycles. The van der Waals surface area contributed by atoms with E-state index in [1.807, 2.05) is 13.1 Å². The molecule has 0 saturated carbocycles. The molecule has 1 aromatic heterocycles. The van der Waals surface area contributed by atoms with Gasteiger partial charge in [0.2, 0.25) is 5.88 Å². The Hall–Kier alpha value is -1.03. The molecule has 1 aromatic rings. The summed E-state index contributed by atoms with van der Waals surface area (Å²) in [4.78, 5) is 0. The monoisotopic (exact) mass is 167 g/mol. The van der Waals surface area contributed by atoms with Crippen LogP contribution in [-0.4, -0.2) is 28.5 Å². The summed E-state index contributed by atoms with van der Waals surface area (Å²) >= 11 is 0. The second-order valence-electron chi connectivity index (χ2n) is 3.45. The fourth-order valence-electron chi connectivity index (χ4n) is 1.26. The van der Waals surface area contributed by atoms with Gasteiger partial charge in [-0.2, -0.15) is 5.10 Å². The molecule has 1 aliphatic rings. The standard InChI is InChI=1S/C8H13N3O/c1-8(5-9-6-8)12-7-3-4-10-11(7)2/h3-4,9H,5-6H2,1-2H3. The van der Waals surface area contributed by atoms with Crippen LogP contribution in [0.2, 0.25) is 0 Å². The Bertz CT molecular complexity index is 278. The number of nitrogens with one attached hydrogen (secondary N) is 1. The second kappa shape index (κ2) is 2.48. The van der Waals surface area contributed by atoms with E-state index in [0.29, 0.717) is 0 Å². The van der Waals surface area contributed by atoms with Gasteiger partial charge in [-0.05, 0) is 6.92 Å². The first-order valence-electron chi connectivity index (χ1n) is 4.07. The van der Waals surface area contributed by atoms with Crippen molar-refractivity contribution in [3.05, 3.63) is 12.3 Å². The molecule has 4 heteroatoms.